The smallest absolute Gasteiger partial charge is 0.496 e. The van der Waals surface area contributed by atoms with E-state index in [1.54, 1.807) is 13.2 Å². The SMILES string of the molecule is COc1ccc(OC(=O)Oc2ccc(C(=O)O)cc2)cc1C12CC3CC(CC(C3)C1)C2. The third-order valence-electron chi connectivity index (χ3n) is 7.28. The Hall–Kier alpha value is -3.02. The molecule has 0 aliphatic heterocycles. The number of aromatic carboxylic acids is 1. The maximum Gasteiger partial charge on any atom is 0.519 e. The summed E-state index contributed by atoms with van der Waals surface area (Å²) in [4.78, 5) is 23.3. The summed E-state index contributed by atoms with van der Waals surface area (Å²) in [6.07, 6.45) is 6.74. The van der Waals surface area contributed by atoms with E-state index in [-0.39, 0.29) is 16.7 Å². The standard InChI is InChI=1S/C25H26O6/c1-29-22-7-6-20(31-24(28)30-19-4-2-18(3-5-19)23(26)27)11-21(22)25-12-15-8-16(13-25)10-17(9-15)14-25/h2-7,11,15-17H,8-10,12-14H2,1H3,(H,26,27). The molecule has 0 amide bonds. The Balaban J connectivity index is 1.35. The largest absolute Gasteiger partial charge is 0.519 e. The Bertz CT molecular complexity index is 974. The first-order valence-electron chi connectivity index (χ1n) is 10.9. The predicted octanol–water partition coefficient (Wildman–Crippen LogP) is 5.44. The molecule has 0 aromatic heterocycles. The van der Waals surface area contributed by atoms with Gasteiger partial charge in [-0.2, -0.15) is 0 Å². The number of rotatable bonds is 5. The zero-order valence-electron chi connectivity index (χ0n) is 17.5. The highest BCUT2D eigenvalue weighted by Gasteiger charge is 2.52. The van der Waals surface area contributed by atoms with Crippen LogP contribution in [0.1, 0.15) is 54.4 Å². The van der Waals surface area contributed by atoms with Crippen molar-refractivity contribution in [3.05, 3.63) is 53.6 Å². The Morgan fingerprint density at radius 1 is 0.871 bits per heavy atom. The molecule has 4 fully saturated rings. The van der Waals surface area contributed by atoms with E-state index >= 15 is 0 Å². The van der Waals surface area contributed by atoms with Crippen molar-refractivity contribution >= 4 is 12.1 Å². The summed E-state index contributed by atoms with van der Waals surface area (Å²) in [5.74, 6) is 2.85. The van der Waals surface area contributed by atoms with Crippen molar-refractivity contribution in [3.63, 3.8) is 0 Å². The minimum atomic E-state index is -1.04. The summed E-state index contributed by atoms with van der Waals surface area (Å²) in [6, 6.07) is 11.2. The molecule has 6 heteroatoms. The molecule has 0 radical (unpaired) electrons. The molecule has 4 aliphatic rings. The van der Waals surface area contributed by atoms with Crippen LogP contribution in [0, 0.1) is 17.8 Å². The summed E-state index contributed by atoms with van der Waals surface area (Å²) in [6.45, 7) is 0. The van der Waals surface area contributed by atoms with Crippen molar-refractivity contribution < 1.29 is 28.9 Å². The van der Waals surface area contributed by atoms with Gasteiger partial charge in [0.15, 0.2) is 0 Å². The van der Waals surface area contributed by atoms with E-state index in [2.05, 4.69) is 0 Å². The second kappa shape index (κ2) is 7.59. The van der Waals surface area contributed by atoms with Gasteiger partial charge >= 0.3 is 12.1 Å². The van der Waals surface area contributed by atoms with Crippen molar-refractivity contribution in [3.8, 4) is 17.2 Å². The minimum Gasteiger partial charge on any atom is -0.496 e. The van der Waals surface area contributed by atoms with Crippen molar-refractivity contribution in [2.24, 2.45) is 17.8 Å². The lowest BCUT2D eigenvalue weighted by Crippen LogP contribution is -2.48. The minimum absolute atomic E-state index is 0.107. The molecule has 4 bridgehead atoms. The molecule has 1 N–H and O–H groups in total. The summed E-state index contributed by atoms with van der Waals surface area (Å²) in [7, 11) is 1.69. The van der Waals surface area contributed by atoms with Crippen molar-refractivity contribution in [1.82, 2.24) is 0 Å². The van der Waals surface area contributed by atoms with Crippen LogP contribution in [0.15, 0.2) is 42.5 Å². The Labute approximate surface area is 181 Å². The average Bonchev–Trinajstić information content (AvgIpc) is 2.73. The molecule has 0 atom stereocenters. The van der Waals surface area contributed by atoms with Crippen LogP contribution in [-0.2, 0) is 5.41 Å². The van der Waals surface area contributed by atoms with Crippen LogP contribution in [0.5, 0.6) is 17.2 Å². The monoisotopic (exact) mass is 422 g/mol. The third kappa shape index (κ3) is 3.75. The van der Waals surface area contributed by atoms with Crippen molar-refractivity contribution in [2.45, 2.75) is 43.9 Å². The van der Waals surface area contributed by atoms with Crippen LogP contribution in [0.25, 0.3) is 0 Å². The summed E-state index contributed by atoms with van der Waals surface area (Å²) in [5, 5.41) is 8.97. The molecular formula is C25H26O6. The molecule has 4 saturated carbocycles. The molecule has 2 aromatic rings. The maximum absolute atomic E-state index is 12.3. The molecule has 0 unspecified atom stereocenters. The molecule has 6 nitrogen and oxygen atoms in total. The molecular weight excluding hydrogens is 396 g/mol. The van der Waals surface area contributed by atoms with Gasteiger partial charge in [0.05, 0.1) is 12.7 Å². The van der Waals surface area contributed by atoms with Crippen LogP contribution < -0.4 is 14.2 Å². The van der Waals surface area contributed by atoms with Crippen LogP contribution in [0.4, 0.5) is 4.79 Å². The number of carboxylic acids is 1. The number of hydrogen-bond donors (Lipinski definition) is 1. The molecule has 162 valence electrons. The predicted molar refractivity (Wildman–Crippen MR) is 113 cm³/mol. The van der Waals surface area contributed by atoms with Gasteiger partial charge in [-0.3, -0.25) is 0 Å². The second-order valence-electron chi connectivity index (χ2n) is 9.34. The van der Waals surface area contributed by atoms with Gasteiger partial charge in [-0.05, 0) is 104 Å². The first-order chi connectivity index (χ1) is 14.9. The van der Waals surface area contributed by atoms with E-state index in [0.717, 1.165) is 29.1 Å². The molecule has 0 saturated heterocycles. The van der Waals surface area contributed by atoms with Crippen LogP contribution in [-0.4, -0.2) is 24.3 Å². The second-order valence-corrected chi connectivity index (χ2v) is 9.34. The fourth-order valence-corrected chi connectivity index (χ4v) is 6.48. The maximum atomic E-state index is 12.3. The number of hydrogen-bond acceptors (Lipinski definition) is 5. The molecule has 0 spiro atoms. The summed E-state index contributed by atoms with van der Waals surface area (Å²) >= 11 is 0. The first kappa shape index (κ1) is 19.9. The highest BCUT2D eigenvalue weighted by atomic mass is 16.7. The van der Waals surface area contributed by atoms with Gasteiger partial charge in [0.2, 0.25) is 0 Å². The molecule has 2 aromatic carbocycles. The van der Waals surface area contributed by atoms with E-state index in [1.165, 1.54) is 62.8 Å². The molecule has 31 heavy (non-hydrogen) atoms. The number of carbonyl (C=O) groups excluding carboxylic acids is 1. The normalized spacial score (nSPS) is 28.2. The quantitative estimate of drug-likeness (QED) is 0.510. The fraction of sp³-hybridized carbons (Fsp3) is 0.440. The lowest BCUT2D eigenvalue weighted by atomic mass is 9.48. The van der Waals surface area contributed by atoms with E-state index in [4.69, 9.17) is 19.3 Å². The zero-order chi connectivity index (χ0) is 21.6. The Morgan fingerprint density at radius 3 is 1.97 bits per heavy atom. The molecule has 0 heterocycles. The van der Waals surface area contributed by atoms with Gasteiger partial charge in [0.1, 0.15) is 17.2 Å². The van der Waals surface area contributed by atoms with Gasteiger partial charge in [-0.25, -0.2) is 9.59 Å². The van der Waals surface area contributed by atoms with Crippen LogP contribution >= 0.6 is 0 Å². The van der Waals surface area contributed by atoms with Gasteiger partial charge in [-0.1, -0.05) is 0 Å². The number of benzene rings is 2. The highest BCUT2D eigenvalue weighted by molar-refractivity contribution is 5.87. The van der Waals surface area contributed by atoms with Crippen LogP contribution in [0.2, 0.25) is 0 Å². The van der Waals surface area contributed by atoms with Crippen molar-refractivity contribution in [1.29, 1.82) is 0 Å². The van der Waals surface area contributed by atoms with E-state index in [0.29, 0.717) is 5.75 Å². The lowest BCUT2D eigenvalue weighted by Gasteiger charge is -2.57. The van der Waals surface area contributed by atoms with E-state index in [1.807, 2.05) is 12.1 Å². The number of carbonyl (C=O) groups is 2. The van der Waals surface area contributed by atoms with E-state index < -0.39 is 12.1 Å². The highest BCUT2D eigenvalue weighted by Crippen LogP contribution is 2.62. The van der Waals surface area contributed by atoms with Gasteiger partial charge in [-0.15, -0.1) is 0 Å². The summed E-state index contributed by atoms with van der Waals surface area (Å²) in [5.41, 5.74) is 1.37. The number of carboxylic acid groups (broad SMARTS) is 1. The topological polar surface area (TPSA) is 82.1 Å². The van der Waals surface area contributed by atoms with Crippen LogP contribution in [0.3, 0.4) is 0 Å². The van der Waals surface area contributed by atoms with Gasteiger partial charge in [0.25, 0.3) is 0 Å². The summed E-state index contributed by atoms with van der Waals surface area (Å²) < 4.78 is 16.4. The first-order valence-corrected chi connectivity index (χ1v) is 10.9. The lowest BCUT2D eigenvalue weighted by molar-refractivity contribution is -0.00625. The third-order valence-corrected chi connectivity index (χ3v) is 7.28. The molecule has 6 rings (SSSR count). The molecule has 4 aliphatic carbocycles. The Kier molecular flexibility index (Phi) is 4.88. The van der Waals surface area contributed by atoms with Gasteiger partial charge in [0, 0.05) is 5.56 Å². The van der Waals surface area contributed by atoms with E-state index in [9.17, 15) is 9.59 Å². The number of methoxy groups -OCH3 is 1. The van der Waals surface area contributed by atoms with Crippen molar-refractivity contribution in [2.75, 3.05) is 7.11 Å². The Morgan fingerprint density at radius 2 is 1.42 bits per heavy atom. The fourth-order valence-electron chi connectivity index (χ4n) is 6.48. The zero-order valence-corrected chi connectivity index (χ0v) is 17.5. The number of ether oxygens (including phenoxy) is 3. The van der Waals surface area contributed by atoms with Gasteiger partial charge < -0.3 is 19.3 Å². The average molecular weight is 422 g/mol.